The van der Waals surface area contributed by atoms with Crippen LogP contribution >= 0.6 is 23.4 Å². The van der Waals surface area contributed by atoms with Crippen LogP contribution in [-0.2, 0) is 13.7 Å². The summed E-state index contributed by atoms with van der Waals surface area (Å²) in [6.45, 7) is 2.21. The van der Waals surface area contributed by atoms with E-state index in [0.717, 1.165) is 16.6 Å². The van der Waals surface area contributed by atoms with Gasteiger partial charge in [-0.05, 0) is 43.3 Å². The molecule has 2 aromatic heterocycles. The van der Waals surface area contributed by atoms with E-state index in [1.807, 2.05) is 48.9 Å². The van der Waals surface area contributed by atoms with E-state index < -0.39 is 0 Å². The number of benzene rings is 2. The Labute approximate surface area is 183 Å². The third-order valence-corrected chi connectivity index (χ3v) is 5.88. The average Bonchev–Trinajstić information content (AvgIpc) is 3.10. The predicted molar refractivity (Wildman–Crippen MR) is 118 cm³/mol. The molecule has 0 bridgehead atoms. The van der Waals surface area contributed by atoms with Crippen molar-refractivity contribution in [2.24, 2.45) is 7.05 Å². The Bertz CT molecular complexity index is 1210. The zero-order chi connectivity index (χ0) is 21.1. The lowest BCUT2D eigenvalue weighted by atomic mass is 10.1. The number of halogens is 1. The van der Waals surface area contributed by atoms with Crippen LogP contribution in [0.3, 0.4) is 0 Å². The number of pyridine rings is 1. The Morgan fingerprint density at radius 2 is 1.90 bits per heavy atom. The van der Waals surface area contributed by atoms with Gasteiger partial charge < -0.3 is 9.30 Å². The molecule has 0 atom stereocenters. The molecule has 0 aliphatic carbocycles. The van der Waals surface area contributed by atoms with E-state index in [2.05, 4.69) is 15.2 Å². The molecule has 2 heterocycles. The van der Waals surface area contributed by atoms with Crippen LogP contribution in [0.5, 0.6) is 5.75 Å². The molecule has 0 fully saturated rings. The summed E-state index contributed by atoms with van der Waals surface area (Å²) in [4.78, 5) is 16.9. The van der Waals surface area contributed by atoms with Gasteiger partial charge in [0.25, 0.3) is 0 Å². The molecule has 0 amide bonds. The van der Waals surface area contributed by atoms with E-state index in [-0.39, 0.29) is 18.1 Å². The van der Waals surface area contributed by atoms with Gasteiger partial charge in [-0.1, -0.05) is 41.6 Å². The van der Waals surface area contributed by atoms with Gasteiger partial charge in [0.1, 0.15) is 17.9 Å². The normalized spacial score (nSPS) is 11.0. The molecule has 4 aromatic rings. The van der Waals surface area contributed by atoms with E-state index >= 15 is 0 Å². The number of hydrogen-bond donors (Lipinski definition) is 0. The summed E-state index contributed by atoms with van der Waals surface area (Å²) in [5.41, 5.74) is 2.38. The summed E-state index contributed by atoms with van der Waals surface area (Å²) in [6.07, 6.45) is 0. The average molecular weight is 439 g/mol. The Morgan fingerprint density at radius 3 is 2.70 bits per heavy atom. The first-order chi connectivity index (χ1) is 14.5. The molecule has 0 unspecified atom stereocenters. The van der Waals surface area contributed by atoms with Crippen molar-refractivity contribution >= 4 is 40.0 Å². The number of hydrogen-bond acceptors (Lipinski definition) is 6. The van der Waals surface area contributed by atoms with Crippen molar-refractivity contribution < 1.29 is 9.53 Å². The molecule has 0 aliphatic rings. The van der Waals surface area contributed by atoms with Crippen LogP contribution in [0, 0.1) is 6.92 Å². The van der Waals surface area contributed by atoms with Gasteiger partial charge in [0, 0.05) is 28.7 Å². The maximum absolute atomic E-state index is 12.4. The van der Waals surface area contributed by atoms with E-state index in [0.29, 0.717) is 27.3 Å². The first kappa shape index (κ1) is 20.4. The Hall–Kier alpha value is -2.90. The van der Waals surface area contributed by atoms with E-state index in [4.69, 9.17) is 16.3 Å². The number of Topliss-reactive ketones (excluding diaryl/α,β-unsaturated/α-hetero) is 1. The number of carbonyl (C=O) groups is 1. The standard InChI is InChI=1S/C22H19ClN4O2S/c1-14-6-7-16-4-3-5-19(21(16)24-14)29-12-20-25-26-22(27(20)2)30-13-18(28)15-8-10-17(23)11-9-15/h3-11H,12-13H2,1-2H3. The maximum atomic E-state index is 12.4. The van der Waals surface area contributed by atoms with Gasteiger partial charge in [0.05, 0.1) is 5.75 Å². The first-order valence-electron chi connectivity index (χ1n) is 9.30. The summed E-state index contributed by atoms with van der Waals surface area (Å²) < 4.78 is 7.82. The number of thioether (sulfide) groups is 1. The van der Waals surface area contributed by atoms with Crippen molar-refractivity contribution in [1.82, 2.24) is 19.7 Å². The van der Waals surface area contributed by atoms with Gasteiger partial charge in [-0.3, -0.25) is 4.79 Å². The molecule has 2 aromatic carbocycles. The second kappa shape index (κ2) is 8.85. The molecule has 6 nitrogen and oxygen atoms in total. The van der Waals surface area contributed by atoms with Crippen molar-refractivity contribution in [3.63, 3.8) is 0 Å². The zero-order valence-corrected chi connectivity index (χ0v) is 18.1. The number of aryl methyl sites for hydroxylation is 1. The Balaban J connectivity index is 1.42. The molecule has 0 spiro atoms. The highest BCUT2D eigenvalue weighted by atomic mass is 35.5. The lowest BCUT2D eigenvalue weighted by Gasteiger charge is -2.09. The van der Waals surface area contributed by atoms with Crippen LogP contribution in [0.15, 0.2) is 59.8 Å². The van der Waals surface area contributed by atoms with Gasteiger partial charge in [0.15, 0.2) is 16.8 Å². The molecule has 0 radical (unpaired) electrons. The first-order valence-corrected chi connectivity index (χ1v) is 10.7. The second-order valence-electron chi connectivity index (χ2n) is 6.75. The SMILES string of the molecule is Cc1ccc2cccc(OCc3nnc(SCC(=O)c4ccc(Cl)cc4)n3C)c2n1. The number of ketones is 1. The van der Waals surface area contributed by atoms with Gasteiger partial charge in [-0.25, -0.2) is 4.98 Å². The molecular formula is C22H19ClN4O2S. The Kier molecular flexibility index (Phi) is 6.01. The van der Waals surface area contributed by atoms with Crippen molar-refractivity contribution in [1.29, 1.82) is 0 Å². The molecule has 0 saturated carbocycles. The van der Waals surface area contributed by atoms with Crippen LogP contribution < -0.4 is 4.74 Å². The summed E-state index contributed by atoms with van der Waals surface area (Å²) in [5, 5.41) is 10.7. The van der Waals surface area contributed by atoms with E-state index in [9.17, 15) is 4.79 Å². The van der Waals surface area contributed by atoms with Crippen LogP contribution in [0.25, 0.3) is 10.9 Å². The highest BCUT2D eigenvalue weighted by Gasteiger charge is 2.14. The summed E-state index contributed by atoms with van der Waals surface area (Å²) in [7, 11) is 1.86. The van der Waals surface area contributed by atoms with Crippen LogP contribution in [0.4, 0.5) is 0 Å². The fourth-order valence-electron chi connectivity index (χ4n) is 2.92. The minimum Gasteiger partial charge on any atom is -0.483 e. The largest absolute Gasteiger partial charge is 0.483 e. The van der Waals surface area contributed by atoms with E-state index in [1.54, 1.807) is 24.3 Å². The van der Waals surface area contributed by atoms with Crippen molar-refractivity contribution in [3.05, 3.63) is 76.7 Å². The number of ether oxygens (including phenoxy) is 1. The quantitative estimate of drug-likeness (QED) is 0.302. The third kappa shape index (κ3) is 4.47. The summed E-state index contributed by atoms with van der Waals surface area (Å²) in [5.74, 6) is 1.64. The highest BCUT2D eigenvalue weighted by Crippen LogP contribution is 2.25. The van der Waals surface area contributed by atoms with Crippen LogP contribution in [-0.4, -0.2) is 31.3 Å². The molecule has 30 heavy (non-hydrogen) atoms. The van der Waals surface area contributed by atoms with Crippen molar-refractivity contribution in [2.75, 3.05) is 5.75 Å². The third-order valence-electron chi connectivity index (χ3n) is 4.60. The number of para-hydroxylation sites is 1. The topological polar surface area (TPSA) is 69.9 Å². The number of aromatic nitrogens is 4. The number of nitrogens with zero attached hydrogens (tertiary/aromatic N) is 4. The number of fused-ring (bicyclic) bond motifs is 1. The molecule has 0 aliphatic heterocycles. The molecule has 0 saturated heterocycles. The van der Waals surface area contributed by atoms with Crippen molar-refractivity contribution in [2.45, 2.75) is 18.7 Å². The Morgan fingerprint density at radius 1 is 1.10 bits per heavy atom. The zero-order valence-electron chi connectivity index (χ0n) is 16.5. The fourth-order valence-corrected chi connectivity index (χ4v) is 3.87. The van der Waals surface area contributed by atoms with Gasteiger partial charge in [0.2, 0.25) is 0 Å². The van der Waals surface area contributed by atoms with E-state index in [1.165, 1.54) is 11.8 Å². The predicted octanol–water partition coefficient (Wildman–Crippen LogP) is 4.88. The number of carbonyl (C=O) groups excluding carboxylic acids is 1. The van der Waals surface area contributed by atoms with Crippen LogP contribution in [0.2, 0.25) is 5.02 Å². The molecule has 152 valence electrons. The van der Waals surface area contributed by atoms with Gasteiger partial charge in [-0.2, -0.15) is 0 Å². The summed E-state index contributed by atoms with van der Waals surface area (Å²) >= 11 is 7.21. The van der Waals surface area contributed by atoms with Gasteiger partial charge >= 0.3 is 0 Å². The van der Waals surface area contributed by atoms with Crippen molar-refractivity contribution in [3.8, 4) is 5.75 Å². The highest BCUT2D eigenvalue weighted by molar-refractivity contribution is 7.99. The second-order valence-corrected chi connectivity index (χ2v) is 8.12. The lowest BCUT2D eigenvalue weighted by molar-refractivity contribution is 0.102. The monoisotopic (exact) mass is 438 g/mol. The van der Waals surface area contributed by atoms with Crippen LogP contribution in [0.1, 0.15) is 21.9 Å². The fraction of sp³-hybridized carbons (Fsp3) is 0.182. The molecule has 4 rings (SSSR count). The maximum Gasteiger partial charge on any atom is 0.191 e. The molecule has 0 N–H and O–H groups in total. The lowest BCUT2D eigenvalue weighted by Crippen LogP contribution is -2.06. The summed E-state index contributed by atoms with van der Waals surface area (Å²) in [6, 6.07) is 16.7. The minimum absolute atomic E-state index is 0.00895. The molecular weight excluding hydrogens is 420 g/mol. The number of rotatable bonds is 7. The van der Waals surface area contributed by atoms with Gasteiger partial charge in [-0.15, -0.1) is 10.2 Å². The molecule has 8 heteroatoms. The smallest absolute Gasteiger partial charge is 0.191 e. The minimum atomic E-state index is 0.00895.